The predicted octanol–water partition coefficient (Wildman–Crippen LogP) is 2.71. The normalized spacial score (nSPS) is 20.2. The lowest BCUT2D eigenvalue weighted by atomic mass is 10.0. The van der Waals surface area contributed by atoms with Crippen LogP contribution in [0.5, 0.6) is 0 Å². The quantitative estimate of drug-likeness (QED) is 0.781. The lowest BCUT2D eigenvalue weighted by Crippen LogP contribution is -2.39. The molecule has 0 spiro atoms. The fourth-order valence-electron chi connectivity index (χ4n) is 3.77. The fraction of sp³-hybridized carbons (Fsp3) is 0.526. The smallest absolute Gasteiger partial charge is 0.261 e. The number of benzene rings is 1. The molecule has 1 atom stereocenters. The van der Waals surface area contributed by atoms with Gasteiger partial charge in [0.05, 0.1) is 11.1 Å². The van der Waals surface area contributed by atoms with Gasteiger partial charge in [0.2, 0.25) is 5.91 Å². The molecule has 24 heavy (non-hydrogen) atoms. The lowest BCUT2D eigenvalue weighted by molar-refractivity contribution is -0.132. The Bertz CT molecular complexity index is 633. The van der Waals surface area contributed by atoms with E-state index < -0.39 is 0 Å². The second kappa shape index (κ2) is 6.75. The highest BCUT2D eigenvalue weighted by Gasteiger charge is 2.35. The first-order valence-corrected chi connectivity index (χ1v) is 8.75. The molecule has 0 aliphatic carbocycles. The standard InChI is InChI=1S/C19H24N2O3/c1-13(2)16-9-5-11-20(16)17(22)10-6-12-21-18(23)14-7-3-4-8-15(14)19(21)24/h3-4,7-8,13,16H,5-6,9-12H2,1-2H3. The molecule has 0 aromatic heterocycles. The van der Waals surface area contributed by atoms with Crippen molar-refractivity contribution < 1.29 is 14.4 Å². The summed E-state index contributed by atoms with van der Waals surface area (Å²) in [6, 6.07) is 7.21. The Labute approximate surface area is 142 Å². The third-order valence-electron chi connectivity index (χ3n) is 5.04. The highest BCUT2D eigenvalue weighted by atomic mass is 16.2. The van der Waals surface area contributed by atoms with Gasteiger partial charge in [0.15, 0.2) is 0 Å². The molecule has 128 valence electrons. The summed E-state index contributed by atoms with van der Waals surface area (Å²) in [7, 11) is 0. The van der Waals surface area contributed by atoms with Gasteiger partial charge < -0.3 is 4.90 Å². The number of fused-ring (bicyclic) bond motifs is 1. The first kappa shape index (κ1) is 16.7. The third kappa shape index (κ3) is 2.95. The van der Waals surface area contributed by atoms with E-state index in [0.717, 1.165) is 19.4 Å². The molecule has 2 aliphatic rings. The van der Waals surface area contributed by atoms with Gasteiger partial charge in [-0.2, -0.15) is 0 Å². The van der Waals surface area contributed by atoms with Crippen LogP contribution in [0.3, 0.4) is 0 Å². The minimum Gasteiger partial charge on any atom is -0.339 e. The topological polar surface area (TPSA) is 57.7 Å². The monoisotopic (exact) mass is 328 g/mol. The number of amides is 3. The van der Waals surface area contributed by atoms with Gasteiger partial charge in [-0.15, -0.1) is 0 Å². The molecule has 1 saturated heterocycles. The SMILES string of the molecule is CC(C)C1CCCN1C(=O)CCCN1C(=O)c2ccccc2C1=O. The molecule has 1 aromatic carbocycles. The predicted molar refractivity (Wildman–Crippen MR) is 90.6 cm³/mol. The molecule has 1 unspecified atom stereocenters. The summed E-state index contributed by atoms with van der Waals surface area (Å²) in [6.07, 6.45) is 3.04. The summed E-state index contributed by atoms with van der Waals surface area (Å²) in [6.45, 7) is 5.43. The van der Waals surface area contributed by atoms with Crippen LogP contribution >= 0.6 is 0 Å². The van der Waals surface area contributed by atoms with Crippen molar-refractivity contribution in [2.75, 3.05) is 13.1 Å². The Morgan fingerprint density at radius 1 is 1.17 bits per heavy atom. The third-order valence-corrected chi connectivity index (χ3v) is 5.04. The Hall–Kier alpha value is -2.17. The number of carbonyl (C=O) groups is 3. The van der Waals surface area contributed by atoms with Gasteiger partial charge in [-0.3, -0.25) is 19.3 Å². The minimum absolute atomic E-state index is 0.141. The molecule has 2 heterocycles. The van der Waals surface area contributed by atoms with E-state index in [1.165, 1.54) is 4.90 Å². The largest absolute Gasteiger partial charge is 0.339 e. The molecule has 0 N–H and O–H groups in total. The van der Waals surface area contributed by atoms with Gasteiger partial charge in [0, 0.05) is 25.6 Å². The Morgan fingerprint density at radius 3 is 2.38 bits per heavy atom. The van der Waals surface area contributed by atoms with E-state index in [1.807, 2.05) is 4.90 Å². The average molecular weight is 328 g/mol. The summed E-state index contributed by atoms with van der Waals surface area (Å²) in [5.41, 5.74) is 0.932. The molecular formula is C19H24N2O3. The first-order chi connectivity index (χ1) is 11.5. The molecule has 1 aromatic rings. The van der Waals surface area contributed by atoms with E-state index >= 15 is 0 Å². The fourth-order valence-corrected chi connectivity index (χ4v) is 3.77. The Kier molecular flexibility index (Phi) is 4.69. The second-order valence-electron chi connectivity index (χ2n) is 6.95. The number of nitrogens with zero attached hydrogens (tertiary/aromatic N) is 2. The zero-order valence-corrected chi connectivity index (χ0v) is 14.3. The molecule has 0 saturated carbocycles. The Balaban J connectivity index is 1.55. The van der Waals surface area contributed by atoms with E-state index in [4.69, 9.17) is 0 Å². The van der Waals surface area contributed by atoms with E-state index in [9.17, 15) is 14.4 Å². The Morgan fingerprint density at radius 2 is 1.79 bits per heavy atom. The van der Waals surface area contributed by atoms with Gasteiger partial charge in [-0.1, -0.05) is 26.0 Å². The highest BCUT2D eigenvalue weighted by molar-refractivity contribution is 6.21. The van der Waals surface area contributed by atoms with Crippen molar-refractivity contribution in [2.45, 2.75) is 45.6 Å². The maximum absolute atomic E-state index is 12.5. The summed E-state index contributed by atoms with van der Waals surface area (Å²) in [4.78, 5) is 40.3. The highest BCUT2D eigenvalue weighted by Crippen LogP contribution is 2.25. The van der Waals surface area contributed by atoms with Crippen LogP contribution in [0, 0.1) is 5.92 Å². The average Bonchev–Trinajstić information content (AvgIpc) is 3.15. The number of hydrogen-bond donors (Lipinski definition) is 0. The van der Waals surface area contributed by atoms with E-state index in [1.54, 1.807) is 24.3 Å². The number of rotatable bonds is 5. The number of carbonyl (C=O) groups excluding carboxylic acids is 3. The van der Waals surface area contributed by atoms with Crippen molar-refractivity contribution >= 4 is 17.7 Å². The molecule has 5 nitrogen and oxygen atoms in total. The lowest BCUT2D eigenvalue weighted by Gasteiger charge is -2.28. The van der Waals surface area contributed by atoms with Crippen LogP contribution in [-0.2, 0) is 4.79 Å². The van der Waals surface area contributed by atoms with Gasteiger partial charge >= 0.3 is 0 Å². The van der Waals surface area contributed by atoms with Crippen LogP contribution in [0.2, 0.25) is 0 Å². The molecule has 1 fully saturated rings. The van der Waals surface area contributed by atoms with Crippen LogP contribution in [0.4, 0.5) is 0 Å². The van der Waals surface area contributed by atoms with Crippen molar-refractivity contribution in [1.82, 2.24) is 9.80 Å². The van der Waals surface area contributed by atoms with Crippen LogP contribution in [0.25, 0.3) is 0 Å². The van der Waals surface area contributed by atoms with Crippen molar-refractivity contribution in [3.63, 3.8) is 0 Å². The summed E-state index contributed by atoms with van der Waals surface area (Å²) in [5, 5.41) is 0. The van der Waals surface area contributed by atoms with Crippen molar-refractivity contribution in [3.8, 4) is 0 Å². The van der Waals surface area contributed by atoms with Gasteiger partial charge in [-0.25, -0.2) is 0 Å². The molecular weight excluding hydrogens is 304 g/mol. The zero-order valence-electron chi connectivity index (χ0n) is 14.3. The molecule has 0 bridgehead atoms. The maximum atomic E-state index is 12.5. The molecule has 0 radical (unpaired) electrons. The zero-order chi connectivity index (χ0) is 17.3. The minimum atomic E-state index is -0.246. The van der Waals surface area contributed by atoms with Crippen LogP contribution in [0.15, 0.2) is 24.3 Å². The molecule has 3 amide bonds. The van der Waals surface area contributed by atoms with Crippen LogP contribution < -0.4 is 0 Å². The van der Waals surface area contributed by atoms with Crippen molar-refractivity contribution in [3.05, 3.63) is 35.4 Å². The summed E-state index contributed by atoms with van der Waals surface area (Å²) in [5.74, 6) is 0.115. The maximum Gasteiger partial charge on any atom is 0.261 e. The molecule has 3 rings (SSSR count). The molecule has 2 aliphatic heterocycles. The van der Waals surface area contributed by atoms with Crippen LogP contribution in [0.1, 0.15) is 60.2 Å². The second-order valence-corrected chi connectivity index (χ2v) is 6.95. The van der Waals surface area contributed by atoms with E-state index in [-0.39, 0.29) is 17.7 Å². The van der Waals surface area contributed by atoms with E-state index in [2.05, 4.69) is 13.8 Å². The van der Waals surface area contributed by atoms with Gasteiger partial charge in [0.1, 0.15) is 0 Å². The summed E-state index contributed by atoms with van der Waals surface area (Å²) < 4.78 is 0. The molecule has 5 heteroatoms. The van der Waals surface area contributed by atoms with Crippen molar-refractivity contribution in [2.24, 2.45) is 5.92 Å². The summed E-state index contributed by atoms with van der Waals surface area (Å²) >= 11 is 0. The number of hydrogen-bond acceptors (Lipinski definition) is 3. The van der Waals surface area contributed by atoms with Gasteiger partial charge in [-0.05, 0) is 37.3 Å². The number of imide groups is 1. The first-order valence-electron chi connectivity index (χ1n) is 8.75. The van der Waals surface area contributed by atoms with E-state index in [0.29, 0.717) is 42.5 Å². The number of likely N-dealkylation sites (tertiary alicyclic amines) is 1. The van der Waals surface area contributed by atoms with Crippen LogP contribution in [-0.4, -0.2) is 46.7 Å². The van der Waals surface area contributed by atoms with Gasteiger partial charge in [0.25, 0.3) is 11.8 Å². The van der Waals surface area contributed by atoms with Crippen molar-refractivity contribution in [1.29, 1.82) is 0 Å².